The van der Waals surface area contributed by atoms with Gasteiger partial charge >= 0.3 is 0 Å². The zero-order valence-corrected chi connectivity index (χ0v) is 18.8. The molecule has 0 heterocycles. The molecule has 2 aromatic carbocycles. The maximum Gasteiger partial charge on any atom is 0.252 e. The number of halogens is 1. The second kappa shape index (κ2) is 10.7. The Morgan fingerprint density at radius 1 is 0.935 bits per heavy atom. The molecule has 0 bridgehead atoms. The van der Waals surface area contributed by atoms with Gasteiger partial charge in [0.05, 0.1) is 24.9 Å². The molecule has 0 aromatic heterocycles. The maximum atomic E-state index is 12.9. The van der Waals surface area contributed by atoms with E-state index in [1.807, 2.05) is 13.8 Å². The van der Waals surface area contributed by atoms with E-state index in [9.17, 15) is 14.4 Å². The molecule has 0 fully saturated rings. The maximum absolute atomic E-state index is 12.9. The molecular formula is C22H26ClN3O5. The zero-order chi connectivity index (χ0) is 23.1. The van der Waals surface area contributed by atoms with Gasteiger partial charge in [0.1, 0.15) is 17.5 Å². The fourth-order valence-electron chi connectivity index (χ4n) is 2.81. The molecule has 31 heavy (non-hydrogen) atoms. The fraction of sp³-hybridized carbons (Fsp3) is 0.318. The van der Waals surface area contributed by atoms with Crippen molar-refractivity contribution in [2.75, 3.05) is 24.9 Å². The average Bonchev–Trinajstić information content (AvgIpc) is 2.72. The highest BCUT2D eigenvalue weighted by molar-refractivity contribution is 6.34. The van der Waals surface area contributed by atoms with Gasteiger partial charge < -0.3 is 25.4 Å². The summed E-state index contributed by atoms with van der Waals surface area (Å²) >= 11 is 6.23. The molecular weight excluding hydrogens is 422 g/mol. The summed E-state index contributed by atoms with van der Waals surface area (Å²) in [7, 11) is 2.98. The van der Waals surface area contributed by atoms with Crippen LogP contribution >= 0.6 is 11.6 Å². The Morgan fingerprint density at radius 2 is 1.55 bits per heavy atom. The first-order chi connectivity index (χ1) is 14.6. The van der Waals surface area contributed by atoms with E-state index in [0.717, 1.165) is 0 Å². The van der Waals surface area contributed by atoms with Crippen molar-refractivity contribution >= 4 is 40.7 Å². The van der Waals surface area contributed by atoms with Crippen molar-refractivity contribution < 1.29 is 23.9 Å². The molecule has 0 radical (unpaired) electrons. The third kappa shape index (κ3) is 6.62. The number of ether oxygens (including phenoxy) is 2. The second-order valence-electron chi connectivity index (χ2n) is 7.16. The summed E-state index contributed by atoms with van der Waals surface area (Å²) in [5.41, 5.74) is 1.17. The first kappa shape index (κ1) is 24.0. The summed E-state index contributed by atoms with van der Waals surface area (Å²) in [5, 5.41) is 8.35. The highest BCUT2D eigenvalue weighted by Gasteiger charge is 2.26. The summed E-state index contributed by atoms with van der Waals surface area (Å²) in [6.07, 6.45) is 0. The average molecular weight is 448 g/mol. The Morgan fingerprint density at radius 3 is 2.03 bits per heavy atom. The summed E-state index contributed by atoms with van der Waals surface area (Å²) in [6.45, 7) is 5.02. The number of anilines is 2. The standard InChI is InChI=1S/C22H26ClN3O5/c1-12(2)20(26-21(28)14-8-16(30-4)11-17(9-14)31-5)22(29)25-19-7-6-15(10-18(19)23)24-13(3)27/h6-12,20H,1-5H3,(H,24,27)(H,25,29)(H,26,28). The number of amides is 3. The molecule has 166 valence electrons. The molecule has 2 rings (SSSR count). The minimum absolute atomic E-state index is 0.200. The van der Waals surface area contributed by atoms with Crippen LogP contribution in [-0.2, 0) is 9.59 Å². The third-order valence-electron chi connectivity index (χ3n) is 4.40. The number of benzene rings is 2. The summed E-state index contributed by atoms with van der Waals surface area (Å²) in [4.78, 5) is 36.8. The minimum Gasteiger partial charge on any atom is -0.497 e. The van der Waals surface area contributed by atoms with Gasteiger partial charge in [-0.05, 0) is 36.2 Å². The van der Waals surface area contributed by atoms with Gasteiger partial charge in [-0.25, -0.2) is 0 Å². The van der Waals surface area contributed by atoms with Crippen molar-refractivity contribution in [1.82, 2.24) is 5.32 Å². The largest absolute Gasteiger partial charge is 0.497 e. The molecule has 0 spiro atoms. The number of carbonyl (C=O) groups is 3. The van der Waals surface area contributed by atoms with Gasteiger partial charge in [0.2, 0.25) is 11.8 Å². The van der Waals surface area contributed by atoms with E-state index in [1.54, 1.807) is 30.3 Å². The van der Waals surface area contributed by atoms with Crippen LogP contribution in [0.25, 0.3) is 0 Å². The molecule has 1 atom stereocenters. The van der Waals surface area contributed by atoms with E-state index in [-0.39, 0.29) is 16.8 Å². The summed E-state index contributed by atoms with van der Waals surface area (Å²) < 4.78 is 10.4. The van der Waals surface area contributed by atoms with Crippen molar-refractivity contribution in [3.63, 3.8) is 0 Å². The van der Waals surface area contributed by atoms with Crippen molar-refractivity contribution in [2.24, 2.45) is 5.92 Å². The topological polar surface area (TPSA) is 106 Å². The van der Waals surface area contributed by atoms with Gasteiger partial charge in [0.15, 0.2) is 0 Å². The molecule has 1 unspecified atom stereocenters. The van der Waals surface area contributed by atoms with E-state index in [2.05, 4.69) is 16.0 Å². The smallest absolute Gasteiger partial charge is 0.252 e. The van der Waals surface area contributed by atoms with Crippen molar-refractivity contribution in [1.29, 1.82) is 0 Å². The highest BCUT2D eigenvalue weighted by Crippen LogP contribution is 2.26. The second-order valence-corrected chi connectivity index (χ2v) is 7.57. The van der Waals surface area contributed by atoms with Crippen LogP contribution in [0.4, 0.5) is 11.4 Å². The molecule has 9 heteroatoms. The predicted octanol–water partition coefficient (Wildman–Crippen LogP) is 3.71. The lowest BCUT2D eigenvalue weighted by Crippen LogP contribution is -2.47. The van der Waals surface area contributed by atoms with Gasteiger partial charge in [-0.3, -0.25) is 14.4 Å². The van der Waals surface area contributed by atoms with Crippen molar-refractivity contribution in [2.45, 2.75) is 26.8 Å². The van der Waals surface area contributed by atoms with Crippen LogP contribution in [0.2, 0.25) is 5.02 Å². The number of methoxy groups -OCH3 is 2. The molecule has 8 nitrogen and oxygen atoms in total. The number of hydrogen-bond acceptors (Lipinski definition) is 5. The molecule has 3 N–H and O–H groups in total. The van der Waals surface area contributed by atoms with E-state index < -0.39 is 17.9 Å². The Bertz CT molecular complexity index is 955. The molecule has 3 amide bonds. The van der Waals surface area contributed by atoms with Crippen LogP contribution in [0, 0.1) is 5.92 Å². The van der Waals surface area contributed by atoms with Gasteiger partial charge in [-0.15, -0.1) is 0 Å². The number of rotatable bonds is 8. The van der Waals surface area contributed by atoms with E-state index in [0.29, 0.717) is 28.4 Å². The first-order valence-corrected chi connectivity index (χ1v) is 9.94. The van der Waals surface area contributed by atoms with Crippen molar-refractivity contribution in [3.05, 3.63) is 47.0 Å². The van der Waals surface area contributed by atoms with E-state index in [1.165, 1.54) is 27.2 Å². The first-order valence-electron chi connectivity index (χ1n) is 9.56. The molecule has 0 saturated heterocycles. The monoisotopic (exact) mass is 447 g/mol. The van der Waals surface area contributed by atoms with Crippen LogP contribution in [0.1, 0.15) is 31.1 Å². The summed E-state index contributed by atoms with van der Waals surface area (Å²) in [5.74, 6) is -0.383. The van der Waals surface area contributed by atoms with Crippen LogP contribution < -0.4 is 25.4 Å². The van der Waals surface area contributed by atoms with E-state index in [4.69, 9.17) is 21.1 Å². The van der Waals surface area contributed by atoms with Crippen molar-refractivity contribution in [3.8, 4) is 11.5 Å². The Hall–Kier alpha value is -3.26. The Balaban J connectivity index is 2.18. The van der Waals surface area contributed by atoms with Gasteiger partial charge in [-0.2, -0.15) is 0 Å². The number of carbonyl (C=O) groups excluding carboxylic acids is 3. The third-order valence-corrected chi connectivity index (χ3v) is 4.71. The van der Waals surface area contributed by atoms with Gasteiger partial charge in [0, 0.05) is 24.2 Å². The fourth-order valence-corrected chi connectivity index (χ4v) is 3.03. The van der Waals surface area contributed by atoms with E-state index >= 15 is 0 Å². The minimum atomic E-state index is -0.823. The van der Waals surface area contributed by atoms with Crippen LogP contribution in [0.3, 0.4) is 0 Å². The predicted molar refractivity (Wildman–Crippen MR) is 120 cm³/mol. The van der Waals surface area contributed by atoms with Crippen LogP contribution in [-0.4, -0.2) is 38.0 Å². The van der Waals surface area contributed by atoms with Crippen LogP contribution in [0.5, 0.6) is 11.5 Å². The lowest BCUT2D eigenvalue weighted by Gasteiger charge is -2.22. The highest BCUT2D eigenvalue weighted by atomic mass is 35.5. The lowest BCUT2D eigenvalue weighted by molar-refractivity contribution is -0.119. The summed E-state index contributed by atoms with van der Waals surface area (Å²) in [6, 6.07) is 8.68. The number of hydrogen-bond donors (Lipinski definition) is 3. The normalized spacial score (nSPS) is 11.5. The quantitative estimate of drug-likeness (QED) is 0.572. The Kier molecular flexibility index (Phi) is 8.27. The van der Waals surface area contributed by atoms with Gasteiger partial charge in [0.25, 0.3) is 5.91 Å². The molecule has 2 aromatic rings. The zero-order valence-electron chi connectivity index (χ0n) is 18.0. The lowest BCUT2D eigenvalue weighted by atomic mass is 10.0. The molecule has 0 saturated carbocycles. The van der Waals surface area contributed by atoms with Crippen LogP contribution in [0.15, 0.2) is 36.4 Å². The SMILES string of the molecule is COc1cc(OC)cc(C(=O)NC(C(=O)Nc2ccc(NC(C)=O)cc2Cl)C(C)C)c1. The Labute approximate surface area is 186 Å². The van der Waals surface area contributed by atoms with Gasteiger partial charge in [-0.1, -0.05) is 25.4 Å². The molecule has 0 aliphatic rings. The molecule has 0 aliphatic carbocycles. The molecule has 0 aliphatic heterocycles. The number of nitrogens with one attached hydrogen (secondary N) is 3.